The van der Waals surface area contributed by atoms with Gasteiger partial charge in [0.05, 0.1) is 17.9 Å². The number of tetrazole rings is 1. The van der Waals surface area contributed by atoms with E-state index >= 15 is 0 Å². The predicted octanol–water partition coefficient (Wildman–Crippen LogP) is 4.19. The first-order valence-corrected chi connectivity index (χ1v) is 11.3. The molecule has 0 fully saturated rings. The molecule has 1 N–H and O–H groups in total. The SMILES string of the molecule is CCCc1c(C)n(-c2ccccc2)c(=O)n1Cc1ccc(-c2ccccc2-c2nn[nH]n2)nc1. The molecular formula is C26H25N7O. The average molecular weight is 452 g/mol. The van der Waals surface area contributed by atoms with Crippen molar-refractivity contribution in [1.29, 1.82) is 0 Å². The van der Waals surface area contributed by atoms with E-state index in [9.17, 15) is 4.79 Å². The maximum atomic E-state index is 13.4. The van der Waals surface area contributed by atoms with Crippen LogP contribution in [0.3, 0.4) is 0 Å². The van der Waals surface area contributed by atoms with Crippen molar-refractivity contribution in [2.45, 2.75) is 33.2 Å². The van der Waals surface area contributed by atoms with Crippen LogP contribution >= 0.6 is 0 Å². The van der Waals surface area contributed by atoms with Crippen molar-refractivity contribution in [3.8, 4) is 28.3 Å². The van der Waals surface area contributed by atoms with Crippen molar-refractivity contribution in [3.05, 3.63) is 100 Å². The van der Waals surface area contributed by atoms with Crippen LogP contribution in [0, 0.1) is 6.92 Å². The van der Waals surface area contributed by atoms with E-state index in [1.165, 1.54) is 0 Å². The largest absolute Gasteiger partial charge is 0.333 e. The first kappa shape index (κ1) is 21.5. The highest BCUT2D eigenvalue weighted by Gasteiger charge is 2.18. The fraction of sp³-hybridized carbons (Fsp3) is 0.192. The van der Waals surface area contributed by atoms with Gasteiger partial charge in [0.1, 0.15) is 0 Å². The van der Waals surface area contributed by atoms with Gasteiger partial charge in [0.25, 0.3) is 0 Å². The lowest BCUT2D eigenvalue weighted by molar-refractivity contribution is 0.689. The molecule has 0 saturated carbocycles. The van der Waals surface area contributed by atoms with Gasteiger partial charge in [0.15, 0.2) is 0 Å². The zero-order valence-corrected chi connectivity index (χ0v) is 19.1. The Labute approximate surface area is 196 Å². The number of aromatic amines is 1. The molecule has 0 spiro atoms. The van der Waals surface area contributed by atoms with Crippen LogP contribution in [0.5, 0.6) is 0 Å². The Morgan fingerprint density at radius 3 is 2.38 bits per heavy atom. The molecule has 0 atom stereocenters. The van der Waals surface area contributed by atoms with Gasteiger partial charge >= 0.3 is 5.69 Å². The lowest BCUT2D eigenvalue weighted by atomic mass is 10.0. The molecule has 3 aromatic heterocycles. The summed E-state index contributed by atoms with van der Waals surface area (Å²) in [4.78, 5) is 18.1. The third-order valence-corrected chi connectivity index (χ3v) is 5.96. The van der Waals surface area contributed by atoms with Crippen LogP contribution in [0.1, 0.15) is 30.3 Å². The lowest BCUT2D eigenvalue weighted by Gasteiger charge is -2.09. The predicted molar refractivity (Wildman–Crippen MR) is 131 cm³/mol. The fourth-order valence-corrected chi connectivity index (χ4v) is 4.34. The van der Waals surface area contributed by atoms with Crippen molar-refractivity contribution in [2.75, 3.05) is 0 Å². The van der Waals surface area contributed by atoms with Crippen LogP contribution in [0.4, 0.5) is 0 Å². The van der Waals surface area contributed by atoms with E-state index in [4.69, 9.17) is 4.98 Å². The van der Waals surface area contributed by atoms with E-state index in [2.05, 4.69) is 27.5 Å². The number of imidazole rings is 1. The minimum absolute atomic E-state index is 0.0290. The summed E-state index contributed by atoms with van der Waals surface area (Å²) in [6.45, 7) is 4.62. The number of benzene rings is 2. The number of nitrogens with zero attached hydrogens (tertiary/aromatic N) is 6. The molecule has 2 aromatic carbocycles. The highest BCUT2D eigenvalue weighted by atomic mass is 16.1. The average Bonchev–Trinajstić information content (AvgIpc) is 3.49. The second-order valence-electron chi connectivity index (χ2n) is 8.15. The van der Waals surface area contributed by atoms with E-state index < -0.39 is 0 Å². The Bertz CT molecular complexity index is 1450. The van der Waals surface area contributed by atoms with Crippen LogP contribution in [-0.2, 0) is 13.0 Å². The standard InChI is InChI=1S/C26H25N7O/c1-3-9-24-18(2)33(20-10-5-4-6-11-20)26(34)32(24)17-19-14-15-23(27-16-19)21-12-7-8-13-22(21)25-28-30-31-29-25/h4-8,10-16H,3,9,17H2,1-2H3,(H,28,29,30,31). The highest BCUT2D eigenvalue weighted by molar-refractivity contribution is 5.78. The van der Waals surface area contributed by atoms with Gasteiger partial charge < -0.3 is 0 Å². The molecular weight excluding hydrogens is 426 g/mol. The first-order valence-electron chi connectivity index (χ1n) is 11.3. The Morgan fingerprint density at radius 1 is 0.941 bits per heavy atom. The van der Waals surface area contributed by atoms with Crippen molar-refractivity contribution in [3.63, 3.8) is 0 Å². The molecule has 8 nitrogen and oxygen atoms in total. The molecule has 5 rings (SSSR count). The Morgan fingerprint density at radius 2 is 1.71 bits per heavy atom. The van der Waals surface area contributed by atoms with Crippen LogP contribution in [-0.4, -0.2) is 34.7 Å². The number of hydrogen-bond acceptors (Lipinski definition) is 5. The van der Waals surface area contributed by atoms with Gasteiger partial charge in [-0.3, -0.25) is 14.1 Å². The maximum Gasteiger partial charge on any atom is 0.333 e. The number of para-hydroxylation sites is 1. The summed E-state index contributed by atoms with van der Waals surface area (Å²) < 4.78 is 3.67. The molecule has 0 bridgehead atoms. The second-order valence-corrected chi connectivity index (χ2v) is 8.15. The molecule has 8 heteroatoms. The minimum atomic E-state index is -0.0290. The quantitative estimate of drug-likeness (QED) is 0.400. The zero-order valence-electron chi connectivity index (χ0n) is 19.1. The molecule has 5 aromatic rings. The summed E-state index contributed by atoms with van der Waals surface area (Å²) in [5, 5.41) is 14.4. The van der Waals surface area contributed by atoms with Crippen LogP contribution in [0.25, 0.3) is 28.3 Å². The molecule has 0 aliphatic carbocycles. The Kier molecular flexibility index (Phi) is 5.86. The number of nitrogens with one attached hydrogen (secondary N) is 1. The second kappa shape index (κ2) is 9.27. The number of pyridine rings is 1. The van der Waals surface area contributed by atoms with Gasteiger partial charge in [-0.15, -0.1) is 10.2 Å². The Balaban J connectivity index is 1.50. The van der Waals surface area contributed by atoms with Gasteiger partial charge in [0, 0.05) is 28.7 Å². The number of aromatic nitrogens is 7. The summed E-state index contributed by atoms with van der Waals surface area (Å²) in [7, 11) is 0. The first-order chi connectivity index (χ1) is 16.7. The van der Waals surface area contributed by atoms with E-state index in [0.29, 0.717) is 12.4 Å². The minimum Gasteiger partial charge on any atom is -0.291 e. The normalized spacial score (nSPS) is 11.1. The van der Waals surface area contributed by atoms with E-state index in [0.717, 1.165) is 52.3 Å². The molecule has 0 radical (unpaired) electrons. The zero-order chi connectivity index (χ0) is 23.5. The topological polar surface area (TPSA) is 94.3 Å². The molecule has 0 unspecified atom stereocenters. The van der Waals surface area contributed by atoms with Crippen LogP contribution < -0.4 is 5.69 Å². The molecule has 0 aliphatic heterocycles. The van der Waals surface area contributed by atoms with E-state index in [1.807, 2.05) is 84.4 Å². The van der Waals surface area contributed by atoms with Gasteiger partial charge in [-0.25, -0.2) is 4.79 Å². The third-order valence-electron chi connectivity index (χ3n) is 5.96. The maximum absolute atomic E-state index is 13.4. The molecule has 170 valence electrons. The van der Waals surface area contributed by atoms with Crippen molar-refractivity contribution >= 4 is 0 Å². The molecule has 0 amide bonds. The van der Waals surface area contributed by atoms with E-state index in [1.54, 1.807) is 4.57 Å². The van der Waals surface area contributed by atoms with Crippen molar-refractivity contribution in [1.82, 2.24) is 34.7 Å². The van der Waals surface area contributed by atoms with Crippen molar-refractivity contribution in [2.24, 2.45) is 0 Å². The van der Waals surface area contributed by atoms with Gasteiger partial charge in [0.2, 0.25) is 5.82 Å². The highest BCUT2D eigenvalue weighted by Crippen LogP contribution is 2.28. The summed E-state index contributed by atoms with van der Waals surface area (Å²) >= 11 is 0. The van der Waals surface area contributed by atoms with Crippen molar-refractivity contribution < 1.29 is 0 Å². The van der Waals surface area contributed by atoms with Gasteiger partial charge in [-0.1, -0.05) is 61.9 Å². The third kappa shape index (κ3) is 3.94. The number of hydrogen-bond donors (Lipinski definition) is 1. The smallest absolute Gasteiger partial charge is 0.291 e. The van der Waals surface area contributed by atoms with Gasteiger partial charge in [-0.05, 0) is 42.3 Å². The molecule has 0 aliphatic rings. The summed E-state index contributed by atoms with van der Waals surface area (Å²) in [5.41, 5.74) is 6.44. The number of H-pyrrole nitrogens is 1. The Hall–Kier alpha value is -4.33. The molecule has 3 heterocycles. The van der Waals surface area contributed by atoms with Crippen LogP contribution in [0.2, 0.25) is 0 Å². The van der Waals surface area contributed by atoms with E-state index in [-0.39, 0.29) is 5.69 Å². The number of rotatable bonds is 7. The summed E-state index contributed by atoms with van der Waals surface area (Å²) in [6, 6.07) is 21.6. The monoisotopic (exact) mass is 451 g/mol. The molecule has 34 heavy (non-hydrogen) atoms. The van der Waals surface area contributed by atoms with Crippen LogP contribution in [0.15, 0.2) is 77.7 Å². The fourth-order valence-electron chi connectivity index (χ4n) is 4.34. The molecule has 0 saturated heterocycles. The summed E-state index contributed by atoms with van der Waals surface area (Å²) in [5.74, 6) is 0.523. The lowest BCUT2D eigenvalue weighted by Crippen LogP contribution is -2.25. The van der Waals surface area contributed by atoms with Gasteiger partial charge in [-0.2, -0.15) is 5.21 Å². The summed E-state index contributed by atoms with van der Waals surface area (Å²) in [6.07, 6.45) is 3.63.